The van der Waals surface area contributed by atoms with Crippen molar-refractivity contribution < 1.29 is 0 Å². The van der Waals surface area contributed by atoms with Gasteiger partial charge in [-0.3, -0.25) is 0 Å². The van der Waals surface area contributed by atoms with E-state index in [0.717, 1.165) is 11.8 Å². The Morgan fingerprint density at radius 2 is 0.532 bits per heavy atom. The van der Waals surface area contributed by atoms with Gasteiger partial charge >= 0.3 is 0 Å². The molecule has 0 N–H and O–H groups in total. The maximum atomic E-state index is 2.26. The molecule has 2 fully saturated rings. The molecule has 0 bridgehead atoms. The first kappa shape index (κ1) is 52.9. The van der Waals surface area contributed by atoms with E-state index in [0.29, 0.717) is 0 Å². The second-order valence-electron chi connectivity index (χ2n) is 16.0. The summed E-state index contributed by atoms with van der Waals surface area (Å²) in [5.41, 5.74) is 8.47. The Morgan fingerprint density at radius 1 is 0.274 bits per heavy atom. The van der Waals surface area contributed by atoms with Crippen molar-refractivity contribution in [2.75, 3.05) is 0 Å². The fraction of sp³-hybridized carbons (Fsp3) is 0.355. The summed E-state index contributed by atoms with van der Waals surface area (Å²) in [6.45, 7) is 16.4. The molecule has 62 heavy (non-hydrogen) atoms. The number of fused-ring (bicyclic) bond motifs is 3. The van der Waals surface area contributed by atoms with Gasteiger partial charge < -0.3 is 0 Å². The van der Waals surface area contributed by atoms with E-state index in [1.807, 2.05) is 100 Å². The highest BCUT2D eigenvalue weighted by atomic mass is 14.3. The lowest BCUT2D eigenvalue weighted by atomic mass is 9.71. The van der Waals surface area contributed by atoms with E-state index in [-0.39, 0.29) is 0 Å². The molecule has 0 heteroatoms. The van der Waals surface area contributed by atoms with Crippen LogP contribution in [0.3, 0.4) is 0 Å². The summed E-state index contributed by atoms with van der Waals surface area (Å²) in [7, 11) is 0. The number of benzene rings is 7. The molecule has 0 unspecified atom stereocenters. The SMILES string of the molecule is C1CCC2CCCCC2C1.CC.CC.Cc1cccc(C)c1.Cc1ccccc1.Cc1ccccc1.c1ccc2c(c1)CCCC2.c1ccc2ccccc2c1.c1ccccc1. The lowest BCUT2D eigenvalue weighted by Crippen LogP contribution is -2.22. The first-order valence-corrected chi connectivity index (χ1v) is 24.0. The highest BCUT2D eigenvalue weighted by Gasteiger charge is 2.26. The third-order valence-electron chi connectivity index (χ3n) is 11.1. The van der Waals surface area contributed by atoms with Gasteiger partial charge in [0, 0.05) is 0 Å². The highest BCUT2D eigenvalue weighted by Crippen LogP contribution is 2.40. The third kappa shape index (κ3) is 24.3. The molecule has 0 aliphatic heterocycles. The zero-order valence-corrected chi connectivity index (χ0v) is 40.1. The number of aryl methyl sites for hydroxylation is 6. The number of rotatable bonds is 0. The van der Waals surface area contributed by atoms with Crippen molar-refractivity contribution in [3.8, 4) is 0 Å². The normalized spacial score (nSPS) is 15.0. The summed E-state index contributed by atoms with van der Waals surface area (Å²) in [6.07, 6.45) is 17.7. The van der Waals surface area contributed by atoms with Crippen LogP contribution in [0.2, 0.25) is 0 Å². The van der Waals surface area contributed by atoms with Crippen LogP contribution in [0.4, 0.5) is 0 Å². The van der Waals surface area contributed by atoms with Gasteiger partial charge in [0.2, 0.25) is 0 Å². The van der Waals surface area contributed by atoms with Crippen molar-refractivity contribution in [2.45, 2.75) is 132 Å². The molecule has 7 aromatic carbocycles. The standard InChI is InChI=1S/C10H18.C10H12.C10H8.C8H10.2C7H8.C6H6.2C2H6/c3*1-2-6-10-8-4-3-7-9(10)5-1;1-7-4-3-5-8(2)6-7;2*1-7-5-3-2-4-6-7;1-2-4-6-5-3-1;2*1-2/h9-10H,1-8H2;1-2,5-6H,3-4,7-8H2;1-8H;3-6H,1-2H3;2*2-6H,1H3;1-6H;2*1-2H3. The fourth-order valence-corrected chi connectivity index (χ4v) is 7.93. The van der Waals surface area contributed by atoms with Crippen molar-refractivity contribution in [1.82, 2.24) is 0 Å². The summed E-state index contributed by atoms with van der Waals surface area (Å²) < 4.78 is 0. The number of hydrogen-bond donors (Lipinski definition) is 0. The smallest absolute Gasteiger partial charge is 0.0184 e. The van der Waals surface area contributed by atoms with Gasteiger partial charge in [0.25, 0.3) is 0 Å². The van der Waals surface area contributed by atoms with Crippen molar-refractivity contribution in [3.63, 3.8) is 0 Å². The Balaban J connectivity index is 0.000000247. The maximum Gasteiger partial charge on any atom is -0.0184 e. The first-order chi connectivity index (χ1) is 30.5. The van der Waals surface area contributed by atoms with E-state index in [1.54, 1.807) is 36.8 Å². The topological polar surface area (TPSA) is 0 Å². The summed E-state index contributed by atoms with van der Waals surface area (Å²) in [6, 6.07) is 66.5. The van der Waals surface area contributed by atoms with Gasteiger partial charge in [-0.25, -0.2) is 0 Å². The minimum Gasteiger partial charge on any atom is -0.0683 e. The monoisotopic (exact) mass is 827 g/mol. The number of hydrogen-bond acceptors (Lipinski definition) is 0. The molecule has 10 rings (SSSR count). The van der Waals surface area contributed by atoms with Crippen LogP contribution in [0.5, 0.6) is 0 Å². The van der Waals surface area contributed by atoms with Crippen LogP contribution in [0.25, 0.3) is 10.8 Å². The molecule has 0 aromatic heterocycles. The van der Waals surface area contributed by atoms with Crippen LogP contribution in [0, 0.1) is 39.5 Å². The van der Waals surface area contributed by atoms with E-state index in [4.69, 9.17) is 0 Å². The van der Waals surface area contributed by atoms with E-state index >= 15 is 0 Å². The lowest BCUT2D eigenvalue weighted by Gasteiger charge is -2.35. The summed E-state index contributed by atoms with van der Waals surface area (Å²) in [5, 5.41) is 2.62. The Bertz CT molecular complexity index is 1830. The lowest BCUT2D eigenvalue weighted by molar-refractivity contribution is 0.171. The van der Waals surface area contributed by atoms with E-state index in [1.165, 1.54) is 84.4 Å². The quantitative estimate of drug-likeness (QED) is 0.143. The van der Waals surface area contributed by atoms with Gasteiger partial charge in [-0.2, -0.15) is 0 Å². The molecule has 0 amide bonds. The van der Waals surface area contributed by atoms with Crippen LogP contribution in [-0.2, 0) is 12.8 Å². The van der Waals surface area contributed by atoms with Crippen molar-refractivity contribution in [2.24, 2.45) is 11.8 Å². The predicted octanol–water partition coefficient (Wildman–Crippen LogP) is 18.8. The Kier molecular flexibility index (Phi) is 30.2. The molecule has 7 aromatic rings. The van der Waals surface area contributed by atoms with Gasteiger partial charge in [0.1, 0.15) is 0 Å². The highest BCUT2D eigenvalue weighted by molar-refractivity contribution is 5.82. The fourth-order valence-electron chi connectivity index (χ4n) is 7.93. The average Bonchev–Trinajstić information content (AvgIpc) is 3.35. The largest absolute Gasteiger partial charge is 0.0683 e. The minimum absolute atomic E-state index is 1.16. The molecule has 0 saturated heterocycles. The molecule has 0 nitrogen and oxygen atoms in total. The summed E-state index contributed by atoms with van der Waals surface area (Å²) in [4.78, 5) is 0. The van der Waals surface area contributed by atoms with Gasteiger partial charge in [-0.15, -0.1) is 0 Å². The second kappa shape index (κ2) is 35.4. The maximum absolute atomic E-state index is 2.26. The second-order valence-corrected chi connectivity index (χ2v) is 16.0. The molecule has 0 atom stereocenters. The summed E-state index contributed by atoms with van der Waals surface area (Å²) in [5.74, 6) is 2.31. The average molecular weight is 827 g/mol. The van der Waals surface area contributed by atoms with E-state index in [2.05, 4.69) is 149 Å². The van der Waals surface area contributed by atoms with Gasteiger partial charge in [-0.1, -0.05) is 295 Å². The first-order valence-electron chi connectivity index (χ1n) is 24.0. The molecule has 0 heterocycles. The van der Waals surface area contributed by atoms with Crippen LogP contribution in [-0.4, -0.2) is 0 Å². The molecule has 3 aliphatic rings. The van der Waals surface area contributed by atoms with Crippen LogP contribution < -0.4 is 0 Å². The van der Waals surface area contributed by atoms with Crippen molar-refractivity contribution in [3.05, 3.63) is 228 Å². The van der Waals surface area contributed by atoms with Gasteiger partial charge in [-0.05, 0) is 87.1 Å². The Hall–Kier alpha value is -5.20. The van der Waals surface area contributed by atoms with Crippen molar-refractivity contribution >= 4 is 10.8 Å². The molecule has 2 saturated carbocycles. The molecule has 0 spiro atoms. The van der Waals surface area contributed by atoms with Gasteiger partial charge in [0.15, 0.2) is 0 Å². The summed E-state index contributed by atoms with van der Waals surface area (Å²) >= 11 is 0. The van der Waals surface area contributed by atoms with Crippen LogP contribution in [0.1, 0.15) is 125 Å². The Morgan fingerprint density at radius 3 is 0.790 bits per heavy atom. The molecule has 3 aliphatic carbocycles. The predicted molar refractivity (Wildman–Crippen MR) is 278 cm³/mol. The molecular formula is C62H82. The van der Waals surface area contributed by atoms with E-state index < -0.39 is 0 Å². The molecule has 0 radical (unpaired) electrons. The Labute approximate surface area is 380 Å². The van der Waals surface area contributed by atoms with Gasteiger partial charge in [0.05, 0.1) is 0 Å². The molecular weight excluding hydrogens is 745 g/mol. The van der Waals surface area contributed by atoms with Crippen LogP contribution >= 0.6 is 0 Å². The molecule has 330 valence electrons. The van der Waals surface area contributed by atoms with Crippen LogP contribution in [0.15, 0.2) is 194 Å². The zero-order valence-electron chi connectivity index (χ0n) is 40.1. The minimum atomic E-state index is 1.16. The van der Waals surface area contributed by atoms with Crippen molar-refractivity contribution in [1.29, 1.82) is 0 Å². The zero-order chi connectivity index (χ0) is 44.9. The third-order valence-corrected chi connectivity index (χ3v) is 11.1. The van der Waals surface area contributed by atoms with E-state index in [9.17, 15) is 0 Å².